The van der Waals surface area contributed by atoms with Crippen LogP contribution in [0.1, 0.15) is 24.3 Å². The van der Waals surface area contributed by atoms with E-state index < -0.39 is 5.97 Å². The minimum atomic E-state index is -1.01. The highest BCUT2D eigenvalue weighted by atomic mass is 16.5. The predicted molar refractivity (Wildman–Crippen MR) is 61.0 cm³/mol. The van der Waals surface area contributed by atoms with Crippen LogP contribution in [-0.2, 0) is 0 Å². The van der Waals surface area contributed by atoms with Crippen molar-refractivity contribution >= 4 is 16.9 Å². The molecule has 84 valence electrons. The Morgan fingerprint density at radius 3 is 2.69 bits per heavy atom. The first kappa shape index (κ1) is 10.5. The van der Waals surface area contributed by atoms with Crippen LogP contribution in [0.3, 0.4) is 0 Å². The zero-order valence-corrected chi connectivity index (χ0v) is 9.15. The Kier molecular flexibility index (Phi) is 2.56. The van der Waals surface area contributed by atoms with Crippen LogP contribution in [-0.4, -0.2) is 22.2 Å². The van der Waals surface area contributed by atoms with Crippen molar-refractivity contribution < 1.29 is 14.6 Å². The van der Waals surface area contributed by atoms with Gasteiger partial charge in [-0.05, 0) is 26.0 Å². The Labute approximate surface area is 92.9 Å². The fourth-order valence-electron chi connectivity index (χ4n) is 1.62. The minimum Gasteiger partial charge on any atom is -0.488 e. The van der Waals surface area contributed by atoms with Crippen molar-refractivity contribution in [3.8, 4) is 5.75 Å². The molecule has 1 aromatic carbocycles. The highest BCUT2D eigenvalue weighted by Gasteiger charge is 2.18. The van der Waals surface area contributed by atoms with Gasteiger partial charge >= 0.3 is 5.97 Å². The summed E-state index contributed by atoms with van der Waals surface area (Å²) in [4.78, 5) is 13.9. The Morgan fingerprint density at radius 1 is 1.38 bits per heavy atom. The van der Waals surface area contributed by atoms with Crippen molar-refractivity contribution in [2.24, 2.45) is 0 Å². The van der Waals surface area contributed by atoms with Gasteiger partial charge < -0.3 is 14.8 Å². The van der Waals surface area contributed by atoms with Crippen molar-refractivity contribution in [2.45, 2.75) is 20.0 Å². The molecule has 0 atom stereocenters. The number of carbonyl (C=O) groups is 1. The van der Waals surface area contributed by atoms with Gasteiger partial charge in [0.15, 0.2) is 11.4 Å². The number of rotatable bonds is 3. The standard InChI is InChI=1S/C12H13NO3/c1-7(2)16-11-8-5-3-4-6-9(8)13-10(11)12(14)15/h3-7,13H,1-2H3,(H,14,15). The van der Waals surface area contributed by atoms with Gasteiger partial charge in [0, 0.05) is 10.9 Å². The van der Waals surface area contributed by atoms with Crippen LogP contribution >= 0.6 is 0 Å². The van der Waals surface area contributed by atoms with Crippen LogP contribution < -0.4 is 4.74 Å². The molecule has 0 aliphatic carbocycles. The first-order valence-corrected chi connectivity index (χ1v) is 5.10. The molecule has 0 spiro atoms. The Hall–Kier alpha value is -1.97. The van der Waals surface area contributed by atoms with Crippen LogP contribution in [0, 0.1) is 0 Å². The van der Waals surface area contributed by atoms with Crippen LogP contribution in [0.25, 0.3) is 10.9 Å². The van der Waals surface area contributed by atoms with Crippen molar-refractivity contribution in [1.82, 2.24) is 4.98 Å². The molecule has 0 aliphatic rings. The normalized spacial score (nSPS) is 10.9. The lowest BCUT2D eigenvalue weighted by molar-refractivity contribution is 0.0685. The van der Waals surface area contributed by atoms with Gasteiger partial charge in [0.05, 0.1) is 6.10 Å². The topological polar surface area (TPSA) is 62.3 Å². The average molecular weight is 219 g/mol. The van der Waals surface area contributed by atoms with Crippen LogP contribution in [0.2, 0.25) is 0 Å². The molecule has 2 rings (SSSR count). The van der Waals surface area contributed by atoms with Gasteiger partial charge in [-0.3, -0.25) is 0 Å². The van der Waals surface area contributed by atoms with Crippen LogP contribution in [0.4, 0.5) is 0 Å². The molecule has 0 fully saturated rings. The van der Waals surface area contributed by atoms with E-state index in [9.17, 15) is 4.79 Å². The molecule has 4 nitrogen and oxygen atoms in total. The molecular weight excluding hydrogens is 206 g/mol. The number of H-pyrrole nitrogens is 1. The van der Waals surface area contributed by atoms with E-state index in [4.69, 9.17) is 9.84 Å². The summed E-state index contributed by atoms with van der Waals surface area (Å²) in [6.07, 6.45) is -0.0580. The van der Waals surface area contributed by atoms with E-state index in [-0.39, 0.29) is 11.8 Å². The molecule has 1 aromatic heterocycles. The van der Waals surface area contributed by atoms with Gasteiger partial charge in [-0.1, -0.05) is 12.1 Å². The molecule has 4 heteroatoms. The smallest absolute Gasteiger partial charge is 0.356 e. The lowest BCUT2D eigenvalue weighted by atomic mass is 10.2. The minimum absolute atomic E-state index is 0.0580. The number of carboxylic acids is 1. The lowest BCUT2D eigenvalue weighted by Crippen LogP contribution is -2.09. The molecular formula is C12H13NO3. The number of fused-ring (bicyclic) bond motifs is 1. The first-order chi connectivity index (χ1) is 7.59. The summed E-state index contributed by atoms with van der Waals surface area (Å²) in [5.74, 6) is -0.593. The number of hydrogen-bond acceptors (Lipinski definition) is 2. The number of benzene rings is 1. The summed E-state index contributed by atoms with van der Waals surface area (Å²) >= 11 is 0. The van der Waals surface area contributed by atoms with Gasteiger partial charge in [0.25, 0.3) is 0 Å². The molecule has 0 radical (unpaired) electrons. The average Bonchev–Trinajstić information content (AvgIpc) is 2.57. The number of aromatic nitrogens is 1. The number of carboxylic acid groups (broad SMARTS) is 1. The number of para-hydroxylation sites is 1. The monoisotopic (exact) mass is 219 g/mol. The first-order valence-electron chi connectivity index (χ1n) is 5.10. The molecule has 0 unspecified atom stereocenters. The third-order valence-electron chi connectivity index (χ3n) is 2.23. The third-order valence-corrected chi connectivity index (χ3v) is 2.23. The molecule has 0 bridgehead atoms. The van der Waals surface area contributed by atoms with E-state index >= 15 is 0 Å². The largest absolute Gasteiger partial charge is 0.488 e. The quantitative estimate of drug-likeness (QED) is 0.834. The number of aromatic amines is 1. The second kappa shape index (κ2) is 3.89. The summed E-state index contributed by atoms with van der Waals surface area (Å²) in [7, 11) is 0. The molecule has 2 aromatic rings. The molecule has 16 heavy (non-hydrogen) atoms. The van der Waals surface area contributed by atoms with Gasteiger partial charge in [0.1, 0.15) is 0 Å². The maximum absolute atomic E-state index is 11.1. The van der Waals surface area contributed by atoms with Crippen molar-refractivity contribution in [3.05, 3.63) is 30.0 Å². The molecule has 0 saturated carbocycles. The summed E-state index contributed by atoms with van der Waals surface area (Å²) in [5.41, 5.74) is 0.880. The fourth-order valence-corrected chi connectivity index (χ4v) is 1.62. The summed E-state index contributed by atoms with van der Waals surface area (Å²) < 4.78 is 5.55. The fraction of sp³-hybridized carbons (Fsp3) is 0.250. The lowest BCUT2D eigenvalue weighted by Gasteiger charge is -2.09. The second-order valence-electron chi connectivity index (χ2n) is 3.85. The van der Waals surface area contributed by atoms with E-state index in [1.807, 2.05) is 38.1 Å². The second-order valence-corrected chi connectivity index (χ2v) is 3.85. The molecule has 2 N–H and O–H groups in total. The van der Waals surface area contributed by atoms with Crippen molar-refractivity contribution in [1.29, 1.82) is 0 Å². The highest BCUT2D eigenvalue weighted by Crippen LogP contribution is 2.30. The van der Waals surface area contributed by atoms with Crippen LogP contribution in [0.5, 0.6) is 5.75 Å². The molecule has 0 saturated heterocycles. The SMILES string of the molecule is CC(C)Oc1c(C(=O)O)[nH]c2ccccc12. The van der Waals surface area contributed by atoms with Gasteiger partial charge in [0.2, 0.25) is 0 Å². The van der Waals surface area contributed by atoms with E-state index in [1.165, 1.54) is 0 Å². The zero-order chi connectivity index (χ0) is 11.7. The van der Waals surface area contributed by atoms with E-state index in [2.05, 4.69) is 4.98 Å². The zero-order valence-electron chi connectivity index (χ0n) is 9.15. The van der Waals surface area contributed by atoms with Gasteiger partial charge in [-0.25, -0.2) is 4.79 Å². The number of nitrogens with one attached hydrogen (secondary N) is 1. The Morgan fingerprint density at radius 2 is 2.06 bits per heavy atom. The van der Waals surface area contributed by atoms with Crippen molar-refractivity contribution in [2.75, 3.05) is 0 Å². The number of hydrogen-bond donors (Lipinski definition) is 2. The maximum atomic E-state index is 11.1. The Bertz CT molecular complexity index is 528. The van der Waals surface area contributed by atoms with Crippen molar-refractivity contribution in [3.63, 3.8) is 0 Å². The predicted octanol–water partition coefficient (Wildman–Crippen LogP) is 2.65. The van der Waals surface area contributed by atoms with E-state index in [0.717, 1.165) is 10.9 Å². The number of ether oxygens (including phenoxy) is 1. The van der Waals surface area contributed by atoms with Gasteiger partial charge in [-0.15, -0.1) is 0 Å². The molecule has 0 aliphatic heterocycles. The molecule has 1 heterocycles. The van der Waals surface area contributed by atoms with E-state index in [1.54, 1.807) is 0 Å². The summed E-state index contributed by atoms with van der Waals surface area (Å²) in [6.45, 7) is 3.74. The van der Waals surface area contributed by atoms with E-state index in [0.29, 0.717) is 5.75 Å². The third kappa shape index (κ3) is 1.74. The highest BCUT2D eigenvalue weighted by molar-refractivity contribution is 6.00. The van der Waals surface area contributed by atoms with Gasteiger partial charge in [-0.2, -0.15) is 0 Å². The van der Waals surface area contributed by atoms with Crippen LogP contribution in [0.15, 0.2) is 24.3 Å². The maximum Gasteiger partial charge on any atom is 0.356 e. The number of aromatic carboxylic acids is 1. The summed E-state index contributed by atoms with van der Waals surface area (Å²) in [5, 5.41) is 9.87. The summed E-state index contributed by atoms with van der Waals surface area (Å²) in [6, 6.07) is 7.38. The molecule has 0 amide bonds. The Balaban J connectivity index is 2.64.